The molecule has 1 N–H and O–H groups in total. The first-order chi connectivity index (χ1) is 16.5. The predicted molar refractivity (Wildman–Crippen MR) is 141 cm³/mol. The standard InChI is InChI=1S/C24H32Cl2N4O4S/c1-5-14-27-24(32)22(6-2)29(16-18-12-13-20(25)21(26)15-18)23(31)17-30(35(33,34)28(3)4)19-10-8-7-9-11-19/h7-13,15,22H,5-6,14,16-17H2,1-4H3,(H,27,32). The Hall–Kier alpha value is -2.33. The van der Waals surface area contributed by atoms with Gasteiger partial charge in [-0.2, -0.15) is 12.7 Å². The lowest BCUT2D eigenvalue weighted by Crippen LogP contribution is -2.53. The molecule has 0 aromatic heterocycles. The van der Waals surface area contributed by atoms with Crippen LogP contribution in [0.4, 0.5) is 5.69 Å². The van der Waals surface area contributed by atoms with E-state index in [9.17, 15) is 18.0 Å². The molecule has 0 bridgehead atoms. The number of carbonyl (C=O) groups excluding carboxylic acids is 2. The topological polar surface area (TPSA) is 90.0 Å². The number of nitrogens with zero attached hydrogens (tertiary/aromatic N) is 3. The highest BCUT2D eigenvalue weighted by Crippen LogP contribution is 2.25. The Labute approximate surface area is 218 Å². The van der Waals surface area contributed by atoms with Crippen LogP contribution >= 0.6 is 23.2 Å². The molecular weight excluding hydrogens is 511 g/mol. The number of halogens is 2. The smallest absolute Gasteiger partial charge is 0.304 e. The molecule has 0 heterocycles. The van der Waals surface area contributed by atoms with E-state index in [0.29, 0.717) is 34.3 Å². The summed E-state index contributed by atoms with van der Waals surface area (Å²) in [6, 6.07) is 12.5. The van der Waals surface area contributed by atoms with Crippen molar-refractivity contribution in [1.82, 2.24) is 14.5 Å². The third-order valence-corrected chi connectivity index (χ3v) is 7.89. The molecular formula is C24H32Cl2N4O4S. The van der Waals surface area contributed by atoms with Gasteiger partial charge in [0.05, 0.1) is 15.7 Å². The van der Waals surface area contributed by atoms with Crippen molar-refractivity contribution in [3.63, 3.8) is 0 Å². The molecule has 0 aliphatic carbocycles. The van der Waals surface area contributed by atoms with Crippen molar-refractivity contribution in [3.8, 4) is 0 Å². The Morgan fingerprint density at radius 2 is 1.66 bits per heavy atom. The Morgan fingerprint density at radius 3 is 2.20 bits per heavy atom. The van der Waals surface area contributed by atoms with Gasteiger partial charge in [0, 0.05) is 27.2 Å². The number of para-hydroxylation sites is 1. The minimum absolute atomic E-state index is 0.0540. The van der Waals surface area contributed by atoms with Gasteiger partial charge in [-0.25, -0.2) is 4.31 Å². The number of rotatable bonds is 12. The van der Waals surface area contributed by atoms with E-state index in [1.165, 1.54) is 19.0 Å². The van der Waals surface area contributed by atoms with Gasteiger partial charge in [-0.3, -0.25) is 9.59 Å². The van der Waals surface area contributed by atoms with Gasteiger partial charge in [0.2, 0.25) is 11.8 Å². The van der Waals surface area contributed by atoms with Crippen LogP contribution in [0, 0.1) is 0 Å². The molecule has 2 aromatic rings. The second-order valence-electron chi connectivity index (χ2n) is 8.12. The van der Waals surface area contributed by atoms with E-state index < -0.39 is 28.7 Å². The third-order valence-electron chi connectivity index (χ3n) is 5.34. The van der Waals surface area contributed by atoms with E-state index in [0.717, 1.165) is 15.0 Å². The second kappa shape index (κ2) is 13.1. The zero-order chi connectivity index (χ0) is 26.2. The van der Waals surface area contributed by atoms with E-state index in [-0.39, 0.29) is 12.5 Å². The van der Waals surface area contributed by atoms with Crippen LogP contribution in [0.2, 0.25) is 10.0 Å². The molecule has 1 atom stereocenters. The maximum absolute atomic E-state index is 13.7. The molecule has 0 spiro atoms. The minimum Gasteiger partial charge on any atom is -0.354 e. The molecule has 0 aliphatic heterocycles. The van der Waals surface area contributed by atoms with E-state index in [1.807, 2.05) is 6.92 Å². The molecule has 35 heavy (non-hydrogen) atoms. The fourth-order valence-corrected chi connectivity index (χ4v) is 4.81. The summed E-state index contributed by atoms with van der Waals surface area (Å²) in [4.78, 5) is 28.0. The minimum atomic E-state index is -3.99. The summed E-state index contributed by atoms with van der Waals surface area (Å²) >= 11 is 12.2. The number of benzene rings is 2. The Balaban J connectivity index is 2.48. The van der Waals surface area contributed by atoms with E-state index in [2.05, 4.69) is 5.32 Å². The Morgan fingerprint density at radius 1 is 1.00 bits per heavy atom. The van der Waals surface area contributed by atoms with Crippen molar-refractivity contribution in [2.45, 2.75) is 39.3 Å². The summed E-state index contributed by atoms with van der Waals surface area (Å²) in [7, 11) is -1.19. The van der Waals surface area contributed by atoms with Gasteiger partial charge < -0.3 is 10.2 Å². The third kappa shape index (κ3) is 7.57. The molecule has 0 saturated heterocycles. The molecule has 0 aliphatic rings. The quantitative estimate of drug-likeness (QED) is 0.439. The van der Waals surface area contributed by atoms with Crippen LogP contribution in [-0.4, -0.2) is 62.7 Å². The first-order valence-electron chi connectivity index (χ1n) is 11.3. The van der Waals surface area contributed by atoms with Crippen molar-refractivity contribution in [2.24, 2.45) is 0 Å². The van der Waals surface area contributed by atoms with Crippen LogP contribution in [0.1, 0.15) is 32.3 Å². The molecule has 2 amide bonds. The lowest BCUT2D eigenvalue weighted by Gasteiger charge is -2.34. The molecule has 11 heteroatoms. The Bertz CT molecular complexity index is 1110. The fraction of sp³-hybridized carbons (Fsp3) is 0.417. The van der Waals surface area contributed by atoms with Crippen LogP contribution in [0.25, 0.3) is 0 Å². The number of hydrogen-bond donors (Lipinski definition) is 1. The summed E-state index contributed by atoms with van der Waals surface area (Å²) in [5.41, 5.74) is 1.00. The highest BCUT2D eigenvalue weighted by atomic mass is 35.5. The van der Waals surface area contributed by atoms with Gasteiger partial charge in [0.1, 0.15) is 12.6 Å². The maximum Gasteiger partial charge on any atom is 0.304 e. The summed E-state index contributed by atoms with van der Waals surface area (Å²) in [6.45, 7) is 3.78. The summed E-state index contributed by atoms with van der Waals surface area (Å²) < 4.78 is 28.3. The lowest BCUT2D eigenvalue weighted by atomic mass is 10.1. The van der Waals surface area contributed by atoms with Gasteiger partial charge >= 0.3 is 10.2 Å². The van der Waals surface area contributed by atoms with Crippen LogP contribution < -0.4 is 9.62 Å². The number of carbonyl (C=O) groups is 2. The van der Waals surface area contributed by atoms with Crippen LogP contribution in [0.3, 0.4) is 0 Å². The maximum atomic E-state index is 13.7. The molecule has 1 unspecified atom stereocenters. The SMILES string of the molecule is CCCNC(=O)C(CC)N(Cc1ccc(Cl)c(Cl)c1)C(=O)CN(c1ccccc1)S(=O)(=O)N(C)C. The largest absolute Gasteiger partial charge is 0.354 e. The summed E-state index contributed by atoms with van der Waals surface area (Å²) in [5, 5.41) is 3.53. The summed E-state index contributed by atoms with van der Waals surface area (Å²) in [6.07, 6.45) is 1.08. The zero-order valence-electron chi connectivity index (χ0n) is 20.4. The first kappa shape index (κ1) is 28.9. The average molecular weight is 544 g/mol. The zero-order valence-corrected chi connectivity index (χ0v) is 22.7. The number of amides is 2. The molecule has 2 aromatic carbocycles. The highest BCUT2D eigenvalue weighted by Gasteiger charge is 2.33. The molecule has 0 radical (unpaired) electrons. The van der Waals surface area contributed by atoms with Gasteiger partial charge in [-0.15, -0.1) is 0 Å². The van der Waals surface area contributed by atoms with E-state index in [4.69, 9.17) is 23.2 Å². The second-order valence-corrected chi connectivity index (χ2v) is 11.0. The Kier molecular flexibility index (Phi) is 10.8. The lowest BCUT2D eigenvalue weighted by molar-refractivity contribution is -0.140. The van der Waals surface area contributed by atoms with Crippen molar-refractivity contribution in [2.75, 3.05) is 31.5 Å². The summed E-state index contributed by atoms with van der Waals surface area (Å²) in [5.74, 6) is -0.826. The first-order valence-corrected chi connectivity index (χ1v) is 13.4. The normalized spacial score (nSPS) is 12.3. The molecule has 192 valence electrons. The molecule has 0 saturated carbocycles. The molecule has 0 fully saturated rings. The van der Waals surface area contributed by atoms with E-state index in [1.54, 1.807) is 55.5 Å². The van der Waals surface area contributed by atoms with Crippen LogP contribution in [0.5, 0.6) is 0 Å². The van der Waals surface area contributed by atoms with E-state index >= 15 is 0 Å². The van der Waals surface area contributed by atoms with Crippen molar-refractivity contribution in [1.29, 1.82) is 0 Å². The number of nitrogens with one attached hydrogen (secondary N) is 1. The fourth-order valence-electron chi connectivity index (χ4n) is 3.43. The van der Waals surface area contributed by atoms with Crippen molar-refractivity contribution in [3.05, 3.63) is 64.1 Å². The van der Waals surface area contributed by atoms with Gasteiger partial charge in [-0.1, -0.05) is 61.3 Å². The number of hydrogen-bond acceptors (Lipinski definition) is 4. The average Bonchev–Trinajstić information content (AvgIpc) is 2.83. The van der Waals surface area contributed by atoms with Crippen LogP contribution in [-0.2, 0) is 26.3 Å². The van der Waals surface area contributed by atoms with Crippen LogP contribution in [0.15, 0.2) is 48.5 Å². The molecule has 8 nitrogen and oxygen atoms in total. The van der Waals surface area contributed by atoms with Gasteiger partial charge in [0.15, 0.2) is 0 Å². The monoisotopic (exact) mass is 542 g/mol. The highest BCUT2D eigenvalue weighted by molar-refractivity contribution is 7.90. The van der Waals surface area contributed by atoms with Gasteiger partial charge in [-0.05, 0) is 42.7 Å². The van der Waals surface area contributed by atoms with Crippen molar-refractivity contribution < 1.29 is 18.0 Å². The van der Waals surface area contributed by atoms with Crippen molar-refractivity contribution >= 4 is 50.9 Å². The predicted octanol–water partition coefficient (Wildman–Crippen LogP) is 3.94. The molecule has 2 rings (SSSR count). The number of anilines is 1. The van der Waals surface area contributed by atoms with Gasteiger partial charge in [0.25, 0.3) is 0 Å².